The van der Waals surface area contributed by atoms with E-state index in [0.717, 1.165) is 81.0 Å². The summed E-state index contributed by atoms with van der Waals surface area (Å²) in [5.74, 6) is 0.458. The normalized spacial score (nSPS) is 17.8. The van der Waals surface area contributed by atoms with Crippen molar-refractivity contribution >= 4 is 27.3 Å². The van der Waals surface area contributed by atoms with E-state index in [1.165, 1.54) is 11.4 Å². The zero-order chi connectivity index (χ0) is 23.3. The van der Waals surface area contributed by atoms with Crippen molar-refractivity contribution in [2.45, 2.75) is 13.1 Å². The van der Waals surface area contributed by atoms with Gasteiger partial charge in [0.05, 0.1) is 0 Å². The van der Waals surface area contributed by atoms with Crippen LogP contribution in [0.3, 0.4) is 0 Å². The Morgan fingerprint density at radius 3 is 1.35 bits per heavy atom. The molecule has 0 radical (unpaired) electrons. The van der Waals surface area contributed by atoms with E-state index in [4.69, 9.17) is 0 Å². The van der Waals surface area contributed by atoms with Gasteiger partial charge in [-0.2, -0.15) is 0 Å². The lowest BCUT2D eigenvalue weighted by atomic mass is 10.1. The Morgan fingerprint density at radius 2 is 0.971 bits per heavy atom. The van der Waals surface area contributed by atoms with Crippen LogP contribution in [0.15, 0.2) is 77.3 Å². The first kappa shape index (κ1) is 23.2. The van der Waals surface area contributed by atoms with Gasteiger partial charge in [0.15, 0.2) is 0 Å². The second-order valence-corrected chi connectivity index (χ2v) is 10.2. The van der Waals surface area contributed by atoms with Crippen LogP contribution in [0.4, 0.5) is 11.4 Å². The molecule has 0 atom stereocenters. The molecule has 2 aliphatic rings. The molecular formula is C28H33BrN4O. The van der Waals surface area contributed by atoms with E-state index in [0.29, 0.717) is 5.75 Å². The third-order valence-corrected chi connectivity index (χ3v) is 7.47. The largest absolute Gasteiger partial charge is 0.507 e. The molecule has 3 aromatic carbocycles. The van der Waals surface area contributed by atoms with Crippen molar-refractivity contribution in [1.29, 1.82) is 0 Å². The summed E-state index contributed by atoms with van der Waals surface area (Å²) in [4.78, 5) is 9.78. The van der Waals surface area contributed by atoms with E-state index in [1.54, 1.807) is 0 Å². The summed E-state index contributed by atoms with van der Waals surface area (Å²) >= 11 is 3.69. The number of phenols is 1. The molecule has 2 aliphatic heterocycles. The molecule has 2 heterocycles. The monoisotopic (exact) mass is 520 g/mol. The van der Waals surface area contributed by atoms with E-state index in [9.17, 15) is 5.11 Å². The van der Waals surface area contributed by atoms with Crippen molar-refractivity contribution < 1.29 is 5.11 Å². The molecule has 0 bridgehead atoms. The number of anilines is 2. The molecule has 2 saturated heterocycles. The third-order valence-electron chi connectivity index (χ3n) is 7.01. The fourth-order valence-corrected chi connectivity index (χ4v) is 5.60. The Labute approximate surface area is 211 Å². The fourth-order valence-electron chi connectivity index (χ4n) is 5.05. The van der Waals surface area contributed by atoms with Crippen molar-refractivity contribution in [2.75, 3.05) is 62.2 Å². The minimum atomic E-state index is 0.458. The van der Waals surface area contributed by atoms with Gasteiger partial charge >= 0.3 is 0 Å². The zero-order valence-corrected chi connectivity index (χ0v) is 21.2. The minimum absolute atomic E-state index is 0.458. The molecule has 178 valence electrons. The van der Waals surface area contributed by atoms with Gasteiger partial charge in [-0.25, -0.2) is 0 Å². The van der Waals surface area contributed by atoms with Crippen LogP contribution >= 0.6 is 15.9 Å². The Kier molecular flexibility index (Phi) is 7.38. The molecule has 0 spiro atoms. The number of para-hydroxylation sites is 2. The van der Waals surface area contributed by atoms with Gasteiger partial charge in [0.1, 0.15) is 5.75 Å². The molecule has 0 aliphatic carbocycles. The van der Waals surface area contributed by atoms with Gasteiger partial charge < -0.3 is 14.9 Å². The maximum absolute atomic E-state index is 11.1. The summed E-state index contributed by atoms with van der Waals surface area (Å²) in [5.41, 5.74) is 4.62. The van der Waals surface area contributed by atoms with Crippen molar-refractivity contribution in [2.24, 2.45) is 0 Å². The first-order chi connectivity index (χ1) is 16.7. The van der Waals surface area contributed by atoms with Crippen molar-refractivity contribution in [3.63, 3.8) is 0 Å². The number of piperazine rings is 2. The van der Waals surface area contributed by atoms with Gasteiger partial charge in [0.2, 0.25) is 0 Å². The highest BCUT2D eigenvalue weighted by atomic mass is 79.9. The lowest BCUT2D eigenvalue weighted by Gasteiger charge is -2.37. The quantitative estimate of drug-likeness (QED) is 0.504. The van der Waals surface area contributed by atoms with E-state index >= 15 is 0 Å². The molecule has 0 aromatic heterocycles. The smallest absolute Gasteiger partial charge is 0.124 e. The number of aromatic hydroxyl groups is 1. The topological polar surface area (TPSA) is 33.2 Å². The molecule has 6 heteroatoms. The highest BCUT2D eigenvalue weighted by Crippen LogP contribution is 2.30. The predicted molar refractivity (Wildman–Crippen MR) is 144 cm³/mol. The van der Waals surface area contributed by atoms with Crippen LogP contribution in [0.2, 0.25) is 0 Å². The van der Waals surface area contributed by atoms with Crippen molar-refractivity contribution in [3.05, 3.63) is 88.4 Å². The first-order valence-corrected chi connectivity index (χ1v) is 13.0. The fraction of sp³-hybridized carbons (Fsp3) is 0.357. The molecule has 1 N–H and O–H groups in total. The van der Waals surface area contributed by atoms with Gasteiger partial charge in [0, 0.05) is 92.4 Å². The standard InChI is InChI=1S/C28H33BrN4O/c29-25-19-23(21-30-11-15-32(16-12-30)26-7-3-1-4-8-26)28(34)24(20-25)22-31-13-17-33(18-14-31)27-9-5-2-6-10-27/h1-10,19-20,34H,11-18,21-22H2. The van der Waals surface area contributed by atoms with E-state index < -0.39 is 0 Å². The molecule has 5 nitrogen and oxygen atoms in total. The third kappa shape index (κ3) is 5.57. The second kappa shape index (κ2) is 10.8. The summed E-state index contributed by atoms with van der Waals surface area (Å²) < 4.78 is 1.04. The molecule has 0 amide bonds. The minimum Gasteiger partial charge on any atom is -0.507 e. The highest BCUT2D eigenvalue weighted by molar-refractivity contribution is 9.10. The number of rotatable bonds is 6. The second-order valence-electron chi connectivity index (χ2n) is 9.27. The van der Waals surface area contributed by atoms with Gasteiger partial charge in [-0.15, -0.1) is 0 Å². The van der Waals surface area contributed by atoms with Gasteiger partial charge in [-0.05, 0) is 36.4 Å². The van der Waals surface area contributed by atoms with Gasteiger partial charge in [-0.1, -0.05) is 52.3 Å². The maximum atomic E-state index is 11.1. The van der Waals surface area contributed by atoms with Crippen molar-refractivity contribution in [1.82, 2.24) is 9.80 Å². The summed E-state index contributed by atoms with van der Waals surface area (Å²) in [6.07, 6.45) is 0. The number of benzene rings is 3. The zero-order valence-electron chi connectivity index (χ0n) is 19.6. The van der Waals surface area contributed by atoms with Crippen LogP contribution in [0.5, 0.6) is 5.75 Å². The van der Waals surface area contributed by atoms with Crippen LogP contribution in [0.1, 0.15) is 11.1 Å². The molecule has 34 heavy (non-hydrogen) atoms. The number of hydrogen-bond acceptors (Lipinski definition) is 5. The summed E-state index contributed by atoms with van der Waals surface area (Å²) in [5, 5.41) is 11.1. The van der Waals surface area contributed by atoms with E-state index in [-0.39, 0.29) is 0 Å². The van der Waals surface area contributed by atoms with Crippen LogP contribution < -0.4 is 9.80 Å². The summed E-state index contributed by atoms with van der Waals surface area (Å²) in [7, 11) is 0. The number of halogens is 1. The summed E-state index contributed by atoms with van der Waals surface area (Å²) in [6, 6.07) is 25.4. The lowest BCUT2D eigenvalue weighted by molar-refractivity contribution is 0.240. The van der Waals surface area contributed by atoms with Crippen LogP contribution in [0.25, 0.3) is 0 Å². The summed E-state index contributed by atoms with van der Waals surface area (Å²) in [6.45, 7) is 9.60. The molecule has 3 aromatic rings. The Morgan fingerprint density at radius 1 is 0.588 bits per heavy atom. The van der Waals surface area contributed by atoms with Crippen LogP contribution in [-0.2, 0) is 13.1 Å². The average molecular weight is 522 g/mol. The molecule has 2 fully saturated rings. The predicted octanol–water partition coefficient (Wildman–Crippen LogP) is 4.80. The molecule has 5 rings (SSSR count). The number of nitrogens with zero attached hydrogens (tertiary/aromatic N) is 4. The van der Waals surface area contributed by atoms with Crippen LogP contribution in [-0.4, -0.2) is 67.3 Å². The van der Waals surface area contributed by atoms with E-state index in [2.05, 4.69) is 108 Å². The Bertz CT molecular complexity index is 980. The lowest BCUT2D eigenvalue weighted by Crippen LogP contribution is -2.46. The SMILES string of the molecule is Oc1c(CN2CCN(c3ccccc3)CC2)cc(Br)cc1CN1CCN(c2ccccc2)CC1. The molecular weight excluding hydrogens is 488 g/mol. The number of phenolic OH excluding ortho intramolecular Hbond substituents is 1. The molecule has 0 unspecified atom stereocenters. The first-order valence-electron chi connectivity index (χ1n) is 12.2. The van der Waals surface area contributed by atoms with Gasteiger partial charge in [-0.3, -0.25) is 9.80 Å². The average Bonchev–Trinajstić information content (AvgIpc) is 2.89. The van der Waals surface area contributed by atoms with Crippen molar-refractivity contribution in [3.8, 4) is 5.75 Å². The highest BCUT2D eigenvalue weighted by Gasteiger charge is 2.22. The van der Waals surface area contributed by atoms with Crippen LogP contribution in [0, 0.1) is 0 Å². The maximum Gasteiger partial charge on any atom is 0.124 e. The Balaban J connectivity index is 1.18. The number of hydrogen-bond donors (Lipinski definition) is 1. The van der Waals surface area contributed by atoms with Gasteiger partial charge in [0.25, 0.3) is 0 Å². The Hall–Kier alpha value is -2.54. The van der Waals surface area contributed by atoms with E-state index in [1.807, 2.05) is 0 Å². The molecule has 0 saturated carbocycles.